The number of halogens is 2. The molecule has 1 aliphatic rings. The van der Waals surface area contributed by atoms with Crippen molar-refractivity contribution in [3.05, 3.63) is 34.6 Å². The van der Waals surface area contributed by atoms with Gasteiger partial charge in [0.2, 0.25) is 0 Å². The number of hydrogen-bond donors (Lipinski definition) is 2. The highest BCUT2D eigenvalue weighted by atomic mass is 35.5. The number of carbonyl (C=O) groups is 1. The Labute approximate surface area is 111 Å². The van der Waals surface area contributed by atoms with Crippen molar-refractivity contribution in [2.24, 2.45) is 11.7 Å². The van der Waals surface area contributed by atoms with Gasteiger partial charge in [0.1, 0.15) is 0 Å². The fourth-order valence-corrected chi connectivity index (χ4v) is 2.22. The van der Waals surface area contributed by atoms with Crippen LogP contribution in [0.3, 0.4) is 0 Å². The second-order valence-electron chi connectivity index (χ2n) is 4.95. The van der Waals surface area contributed by atoms with Gasteiger partial charge in [-0.25, -0.2) is 4.39 Å². The molecular weight excluding hydrogens is 255 g/mol. The summed E-state index contributed by atoms with van der Waals surface area (Å²) in [5, 5.41) is 2.77. The van der Waals surface area contributed by atoms with E-state index in [1.165, 1.54) is 12.1 Å². The molecule has 0 saturated heterocycles. The Kier molecular flexibility index (Phi) is 3.59. The van der Waals surface area contributed by atoms with Crippen LogP contribution in [0, 0.1) is 11.7 Å². The van der Waals surface area contributed by atoms with E-state index in [1.54, 1.807) is 6.07 Å². The van der Waals surface area contributed by atoms with Crippen LogP contribution < -0.4 is 11.1 Å². The van der Waals surface area contributed by atoms with Gasteiger partial charge in [0.15, 0.2) is 5.82 Å². The lowest BCUT2D eigenvalue weighted by Gasteiger charge is -2.29. The Morgan fingerprint density at radius 3 is 2.83 bits per heavy atom. The standard InChI is InChI=1S/C13H16ClFN2O/c1-13(7-16,8-5-6-8)17-12(18)9-3-2-4-10(14)11(9)15/h2-4,8H,5-7,16H2,1H3,(H,17,18). The van der Waals surface area contributed by atoms with Crippen LogP contribution in [0.25, 0.3) is 0 Å². The Balaban J connectivity index is 2.19. The Bertz CT molecular complexity index is 476. The average Bonchev–Trinajstić information content (AvgIpc) is 3.16. The summed E-state index contributed by atoms with van der Waals surface area (Å²) in [7, 11) is 0. The molecule has 1 atom stereocenters. The van der Waals surface area contributed by atoms with Crippen molar-refractivity contribution in [1.82, 2.24) is 5.32 Å². The van der Waals surface area contributed by atoms with Gasteiger partial charge in [0, 0.05) is 6.54 Å². The number of amides is 1. The first-order chi connectivity index (χ1) is 8.48. The summed E-state index contributed by atoms with van der Waals surface area (Å²) in [5.41, 5.74) is 5.20. The monoisotopic (exact) mass is 270 g/mol. The fourth-order valence-electron chi connectivity index (χ4n) is 2.05. The molecule has 98 valence electrons. The van der Waals surface area contributed by atoms with Gasteiger partial charge < -0.3 is 11.1 Å². The molecule has 18 heavy (non-hydrogen) atoms. The fraction of sp³-hybridized carbons (Fsp3) is 0.462. The van der Waals surface area contributed by atoms with Crippen LogP contribution in [0.1, 0.15) is 30.1 Å². The molecule has 1 aromatic rings. The lowest BCUT2D eigenvalue weighted by atomic mass is 9.95. The maximum Gasteiger partial charge on any atom is 0.254 e. The molecule has 0 radical (unpaired) electrons. The van der Waals surface area contributed by atoms with E-state index >= 15 is 0 Å². The first-order valence-electron chi connectivity index (χ1n) is 5.94. The topological polar surface area (TPSA) is 55.1 Å². The highest BCUT2D eigenvalue weighted by Crippen LogP contribution is 2.39. The predicted molar refractivity (Wildman–Crippen MR) is 69.1 cm³/mol. The Hall–Kier alpha value is -1.13. The van der Waals surface area contributed by atoms with E-state index in [2.05, 4.69) is 5.32 Å². The molecule has 0 aliphatic heterocycles. The van der Waals surface area contributed by atoms with Crippen LogP contribution in [0.2, 0.25) is 5.02 Å². The van der Waals surface area contributed by atoms with Gasteiger partial charge in [-0.15, -0.1) is 0 Å². The van der Waals surface area contributed by atoms with E-state index in [0.717, 1.165) is 12.8 Å². The number of carbonyl (C=O) groups excluding carboxylic acids is 1. The molecule has 1 fully saturated rings. The molecule has 1 aromatic carbocycles. The van der Waals surface area contributed by atoms with Crippen molar-refractivity contribution in [3.63, 3.8) is 0 Å². The largest absolute Gasteiger partial charge is 0.345 e. The molecule has 3 nitrogen and oxygen atoms in total. The van der Waals surface area contributed by atoms with Crippen molar-refractivity contribution in [1.29, 1.82) is 0 Å². The highest BCUT2D eigenvalue weighted by Gasteiger charge is 2.41. The lowest BCUT2D eigenvalue weighted by molar-refractivity contribution is 0.0893. The molecule has 0 spiro atoms. The third-order valence-electron chi connectivity index (χ3n) is 3.50. The summed E-state index contributed by atoms with van der Waals surface area (Å²) in [5.74, 6) is -0.768. The maximum absolute atomic E-state index is 13.7. The molecule has 3 N–H and O–H groups in total. The molecule has 1 saturated carbocycles. The Morgan fingerprint density at radius 2 is 2.28 bits per heavy atom. The SMILES string of the molecule is CC(CN)(NC(=O)c1cccc(Cl)c1F)C1CC1. The van der Waals surface area contributed by atoms with E-state index in [9.17, 15) is 9.18 Å². The van der Waals surface area contributed by atoms with Crippen LogP contribution in [0.15, 0.2) is 18.2 Å². The quantitative estimate of drug-likeness (QED) is 0.882. The minimum Gasteiger partial charge on any atom is -0.345 e. The van der Waals surface area contributed by atoms with Crippen LogP contribution in [0.5, 0.6) is 0 Å². The van der Waals surface area contributed by atoms with E-state index in [-0.39, 0.29) is 10.6 Å². The first kappa shape index (κ1) is 13.3. The van der Waals surface area contributed by atoms with Crippen LogP contribution in [-0.2, 0) is 0 Å². The predicted octanol–water partition coefficient (Wildman–Crippen LogP) is 2.34. The summed E-state index contributed by atoms with van der Waals surface area (Å²) < 4.78 is 13.7. The van der Waals surface area contributed by atoms with Gasteiger partial charge in [-0.3, -0.25) is 4.79 Å². The third kappa shape index (κ3) is 2.49. The molecule has 1 amide bonds. The van der Waals surface area contributed by atoms with E-state index < -0.39 is 17.3 Å². The van der Waals surface area contributed by atoms with Gasteiger partial charge in [-0.05, 0) is 37.8 Å². The second kappa shape index (κ2) is 4.86. The summed E-state index contributed by atoms with van der Waals surface area (Å²) >= 11 is 5.66. The molecule has 2 rings (SSSR count). The zero-order valence-corrected chi connectivity index (χ0v) is 10.9. The van der Waals surface area contributed by atoms with Crippen molar-refractivity contribution >= 4 is 17.5 Å². The van der Waals surface area contributed by atoms with Gasteiger partial charge in [-0.1, -0.05) is 17.7 Å². The van der Waals surface area contributed by atoms with E-state index in [4.69, 9.17) is 17.3 Å². The van der Waals surface area contributed by atoms with Crippen LogP contribution in [0.4, 0.5) is 4.39 Å². The smallest absolute Gasteiger partial charge is 0.254 e. The average molecular weight is 271 g/mol. The molecule has 0 heterocycles. The van der Waals surface area contributed by atoms with Crippen molar-refractivity contribution in [2.45, 2.75) is 25.3 Å². The van der Waals surface area contributed by atoms with Crippen molar-refractivity contribution in [2.75, 3.05) is 6.54 Å². The first-order valence-corrected chi connectivity index (χ1v) is 6.32. The van der Waals surface area contributed by atoms with Crippen LogP contribution >= 0.6 is 11.6 Å². The van der Waals surface area contributed by atoms with Crippen molar-refractivity contribution < 1.29 is 9.18 Å². The molecule has 1 unspecified atom stereocenters. The summed E-state index contributed by atoms with van der Waals surface area (Å²) in [6.45, 7) is 2.23. The Morgan fingerprint density at radius 1 is 1.61 bits per heavy atom. The highest BCUT2D eigenvalue weighted by molar-refractivity contribution is 6.31. The zero-order chi connectivity index (χ0) is 13.3. The van der Waals surface area contributed by atoms with Crippen LogP contribution in [-0.4, -0.2) is 18.0 Å². The summed E-state index contributed by atoms with van der Waals surface area (Å²) in [6, 6.07) is 4.38. The molecule has 1 aliphatic carbocycles. The minimum absolute atomic E-state index is 0.0391. The number of benzene rings is 1. The number of rotatable bonds is 4. The molecular formula is C13H16ClFN2O. The van der Waals surface area contributed by atoms with Gasteiger partial charge in [0.25, 0.3) is 5.91 Å². The maximum atomic E-state index is 13.7. The lowest BCUT2D eigenvalue weighted by Crippen LogP contribution is -2.53. The summed E-state index contributed by atoms with van der Waals surface area (Å²) in [6.07, 6.45) is 2.10. The zero-order valence-electron chi connectivity index (χ0n) is 10.2. The van der Waals surface area contributed by atoms with Gasteiger partial charge in [-0.2, -0.15) is 0 Å². The second-order valence-corrected chi connectivity index (χ2v) is 5.36. The number of hydrogen-bond acceptors (Lipinski definition) is 2. The molecule has 0 aromatic heterocycles. The van der Waals surface area contributed by atoms with E-state index in [0.29, 0.717) is 12.5 Å². The normalized spacial score (nSPS) is 18.2. The van der Waals surface area contributed by atoms with Crippen molar-refractivity contribution in [3.8, 4) is 0 Å². The summed E-state index contributed by atoms with van der Waals surface area (Å²) in [4.78, 5) is 12.1. The minimum atomic E-state index is -0.688. The van der Waals surface area contributed by atoms with Gasteiger partial charge >= 0.3 is 0 Å². The van der Waals surface area contributed by atoms with Gasteiger partial charge in [0.05, 0.1) is 16.1 Å². The number of nitrogens with one attached hydrogen (secondary N) is 1. The van der Waals surface area contributed by atoms with E-state index in [1.807, 2.05) is 6.92 Å². The molecule has 5 heteroatoms. The third-order valence-corrected chi connectivity index (χ3v) is 3.79. The molecule has 0 bridgehead atoms. The number of nitrogens with two attached hydrogens (primary N) is 1.